The van der Waals surface area contributed by atoms with E-state index in [1.54, 1.807) is 0 Å². The van der Waals surface area contributed by atoms with Crippen LogP contribution >= 0.6 is 11.6 Å². The summed E-state index contributed by atoms with van der Waals surface area (Å²) in [6.45, 7) is 1.78. The van der Waals surface area contributed by atoms with Gasteiger partial charge in [0.25, 0.3) is 0 Å². The topological polar surface area (TPSA) is 16.1 Å². The van der Waals surface area contributed by atoms with Gasteiger partial charge < -0.3 is 4.90 Å². The molecule has 0 aromatic carbocycles. The quantitative estimate of drug-likeness (QED) is 0.732. The van der Waals surface area contributed by atoms with Gasteiger partial charge >= 0.3 is 0 Å². The van der Waals surface area contributed by atoms with Gasteiger partial charge in [-0.2, -0.15) is 0 Å². The van der Waals surface area contributed by atoms with Crippen molar-refractivity contribution in [3.05, 3.63) is 34.9 Å². The lowest BCUT2D eigenvalue weighted by Crippen LogP contribution is -2.24. The Morgan fingerprint density at radius 3 is 2.87 bits per heavy atom. The monoisotopic (exact) mass is 226 g/mol. The highest BCUT2D eigenvalue weighted by molar-refractivity contribution is 6.32. The van der Waals surface area contributed by atoms with Crippen LogP contribution in [-0.2, 0) is 0 Å². The molecule has 0 amide bonds. The van der Waals surface area contributed by atoms with E-state index >= 15 is 0 Å². The molecule has 0 saturated carbocycles. The van der Waals surface area contributed by atoms with Crippen molar-refractivity contribution < 1.29 is 4.39 Å². The molecule has 1 aliphatic rings. The number of aromatic nitrogens is 1. The highest BCUT2D eigenvalue weighted by atomic mass is 35.5. The molecule has 0 N–H and O–H groups in total. The molecule has 0 spiro atoms. The Kier molecular flexibility index (Phi) is 3.03. The Labute approximate surface area is 93.4 Å². The summed E-state index contributed by atoms with van der Waals surface area (Å²) >= 11 is 5.94. The largest absolute Gasteiger partial charge is 0.302 e. The van der Waals surface area contributed by atoms with E-state index in [0.29, 0.717) is 10.6 Å². The number of rotatable bonds is 1. The zero-order valence-corrected chi connectivity index (χ0v) is 9.26. The Bertz CT molecular complexity index is 383. The van der Waals surface area contributed by atoms with Gasteiger partial charge in [-0.1, -0.05) is 17.7 Å². The van der Waals surface area contributed by atoms with E-state index < -0.39 is 0 Å². The second kappa shape index (κ2) is 4.29. The number of likely N-dealkylation sites (N-methyl/N-ethyl adjacent to an activating group) is 1. The molecule has 1 aromatic rings. The molecule has 2 nitrogen and oxygen atoms in total. The van der Waals surface area contributed by atoms with Crippen molar-refractivity contribution in [3.63, 3.8) is 0 Å². The summed E-state index contributed by atoms with van der Waals surface area (Å²) in [5, 5.41) is 0.394. The third-order valence-corrected chi connectivity index (χ3v) is 2.87. The fraction of sp³-hybridized carbons (Fsp3) is 0.364. The molecule has 1 aromatic heterocycles. The summed E-state index contributed by atoms with van der Waals surface area (Å²) in [6, 6.07) is 0. The van der Waals surface area contributed by atoms with Crippen molar-refractivity contribution >= 4 is 17.2 Å². The van der Waals surface area contributed by atoms with Crippen LogP contribution in [0.3, 0.4) is 0 Å². The van der Waals surface area contributed by atoms with Gasteiger partial charge in [0.2, 0.25) is 0 Å². The van der Waals surface area contributed by atoms with Crippen molar-refractivity contribution in [1.29, 1.82) is 0 Å². The summed E-state index contributed by atoms with van der Waals surface area (Å²) in [5.74, 6) is -0.335. The molecule has 0 bridgehead atoms. The van der Waals surface area contributed by atoms with Gasteiger partial charge in [0.05, 0.1) is 11.2 Å². The van der Waals surface area contributed by atoms with E-state index in [-0.39, 0.29) is 5.82 Å². The van der Waals surface area contributed by atoms with Gasteiger partial charge in [-0.25, -0.2) is 4.39 Å². The zero-order chi connectivity index (χ0) is 10.8. The second-order valence-corrected chi connectivity index (χ2v) is 4.13. The van der Waals surface area contributed by atoms with Crippen molar-refractivity contribution in [1.82, 2.24) is 9.88 Å². The first-order valence-electron chi connectivity index (χ1n) is 4.85. The van der Waals surface area contributed by atoms with E-state index in [4.69, 9.17) is 11.6 Å². The van der Waals surface area contributed by atoms with Crippen LogP contribution in [0.2, 0.25) is 5.02 Å². The highest BCUT2D eigenvalue weighted by Gasteiger charge is 2.16. The van der Waals surface area contributed by atoms with Crippen LogP contribution in [0, 0.1) is 5.82 Å². The molecule has 0 unspecified atom stereocenters. The summed E-state index contributed by atoms with van der Waals surface area (Å²) in [7, 11) is 2.04. The Morgan fingerprint density at radius 1 is 1.47 bits per heavy atom. The first kappa shape index (κ1) is 10.6. The van der Waals surface area contributed by atoms with Crippen molar-refractivity contribution in [2.24, 2.45) is 0 Å². The Morgan fingerprint density at radius 2 is 2.27 bits per heavy atom. The van der Waals surface area contributed by atoms with E-state index in [0.717, 1.165) is 25.1 Å². The first-order valence-corrected chi connectivity index (χ1v) is 5.23. The Hall–Kier alpha value is -0.930. The zero-order valence-electron chi connectivity index (χ0n) is 8.50. The average molecular weight is 227 g/mol. The van der Waals surface area contributed by atoms with E-state index in [1.165, 1.54) is 12.4 Å². The summed E-state index contributed by atoms with van der Waals surface area (Å²) < 4.78 is 13.5. The van der Waals surface area contributed by atoms with Gasteiger partial charge in [-0.05, 0) is 19.0 Å². The number of hydrogen-bond acceptors (Lipinski definition) is 2. The number of halogens is 2. The fourth-order valence-electron chi connectivity index (χ4n) is 1.72. The predicted octanol–water partition coefficient (Wildman–Crippen LogP) is 2.59. The molecule has 0 atom stereocenters. The van der Waals surface area contributed by atoms with E-state index in [2.05, 4.69) is 9.88 Å². The van der Waals surface area contributed by atoms with Crippen LogP contribution in [-0.4, -0.2) is 30.0 Å². The average Bonchev–Trinajstić information content (AvgIpc) is 2.20. The lowest BCUT2D eigenvalue weighted by atomic mass is 10.0. The molecule has 15 heavy (non-hydrogen) atoms. The molecule has 0 radical (unpaired) electrons. The maximum absolute atomic E-state index is 13.5. The minimum Gasteiger partial charge on any atom is -0.302 e. The summed E-state index contributed by atoms with van der Waals surface area (Å²) in [4.78, 5) is 5.89. The maximum Gasteiger partial charge on any atom is 0.150 e. The molecule has 2 rings (SSSR count). The molecule has 0 aliphatic carbocycles. The van der Waals surface area contributed by atoms with Gasteiger partial charge in [0.1, 0.15) is 5.82 Å². The van der Waals surface area contributed by atoms with Crippen LogP contribution < -0.4 is 0 Å². The van der Waals surface area contributed by atoms with Crippen molar-refractivity contribution in [3.8, 4) is 0 Å². The summed E-state index contributed by atoms with van der Waals surface area (Å²) in [6.07, 6.45) is 5.55. The van der Waals surface area contributed by atoms with Gasteiger partial charge in [0, 0.05) is 24.8 Å². The smallest absolute Gasteiger partial charge is 0.150 e. The number of pyridine rings is 1. The summed E-state index contributed by atoms with van der Waals surface area (Å²) in [5.41, 5.74) is 1.50. The minimum absolute atomic E-state index is 0.335. The molecule has 1 aliphatic heterocycles. The maximum atomic E-state index is 13.5. The second-order valence-electron chi connectivity index (χ2n) is 3.72. The highest BCUT2D eigenvalue weighted by Crippen LogP contribution is 2.29. The number of nitrogens with zero attached hydrogens (tertiary/aromatic N) is 2. The van der Waals surface area contributed by atoms with Crippen LogP contribution in [0.5, 0.6) is 0 Å². The lowest BCUT2D eigenvalue weighted by Gasteiger charge is -2.22. The van der Waals surface area contributed by atoms with Crippen LogP contribution in [0.1, 0.15) is 12.0 Å². The van der Waals surface area contributed by atoms with Gasteiger partial charge in [-0.3, -0.25) is 4.98 Å². The normalized spacial score (nSPS) is 17.7. The molecule has 4 heteroatoms. The van der Waals surface area contributed by atoms with E-state index in [1.807, 2.05) is 13.1 Å². The molecular formula is C11H12ClFN2. The minimum atomic E-state index is -0.335. The van der Waals surface area contributed by atoms with Crippen LogP contribution in [0.15, 0.2) is 18.5 Å². The molecular weight excluding hydrogens is 215 g/mol. The molecule has 2 heterocycles. The SMILES string of the molecule is CN1CC=C(c2c(F)cncc2Cl)CC1. The van der Waals surface area contributed by atoms with Gasteiger partial charge in [-0.15, -0.1) is 0 Å². The van der Waals surface area contributed by atoms with E-state index in [9.17, 15) is 4.39 Å². The standard InChI is InChI=1S/C11H12ClFN2/c1-15-4-2-8(3-5-15)11-9(12)6-14-7-10(11)13/h2,6-7H,3-5H2,1H3. The van der Waals surface area contributed by atoms with Crippen LogP contribution in [0.25, 0.3) is 5.57 Å². The lowest BCUT2D eigenvalue weighted by molar-refractivity contribution is 0.369. The van der Waals surface area contributed by atoms with Crippen molar-refractivity contribution in [2.75, 3.05) is 20.1 Å². The molecule has 0 saturated heterocycles. The predicted molar refractivity (Wildman–Crippen MR) is 59.3 cm³/mol. The molecule has 0 fully saturated rings. The third-order valence-electron chi connectivity index (χ3n) is 2.59. The van der Waals surface area contributed by atoms with Crippen molar-refractivity contribution in [2.45, 2.75) is 6.42 Å². The first-order chi connectivity index (χ1) is 7.18. The van der Waals surface area contributed by atoms with Crippen LogP contribution in [0.4, 0.5) is 4.39 Å². The fourth-order valence-corrected chi connectivity index (χ4v) is 1.98. The third kappa shape index (κ3) is 2.19. The van der Waals surface area contributed by atoms with Gasteiger partial charge in [0.15, 0.2) is 0 Å². The number of hydrogen-bond donors (Lipinski definition) is 0. The Balaban J connectivity index is 2.38. The molecule has 80 valence electrons.